The van der Waals surface area contributed by atoms with Gasteiger partial charge in [0, 0.05) is 20.6 Å². The summed E-state index contributed by atoms with van der Waals surface area (Å²) >= 11 is 9.26. The van der Waals surface area contributed by atoms with Crippen LogP contribution in [0.25, 0.3) is 0 Å². The molecule has 0 N–H and O–H groups in total. The lowest BCUT2D eigenvalue weighted by molar-refractivity contribution is -0.153. The Kier molecular flexibility index (Phi) is 5.83. The average molecular weight is 410 g/mol. The molecule has 0 bridgehead atoms. The quantitative estimate of drug-likeness (QED) is 0.514. The summed E-state index contributed by atoms with van der Waals surface area (Å²) in [5.41, 5.74) is 1.35. The molecule has 0 unspecified atom stereocenters. The number of carbonyl (C=O) groups is 2. The Hall–Kier alpha value is -1.65. The number of esters is 1. The lowest BCUT2D eigenvalue weighted by atomic mass is 10.0. The molecule has 3 nitrogen and oxygen atoms in total. The van der Waals surface area contributed by atoms with Crippen LogP contribution in [0.2, 0.25) is 5.02 Å². The number of hydrogen-bond acceptors (Lipinski definition) is 3. The maximum Gasteiger partial charge on any atom is 0.310 e. The summed E-state index contributed by atoms with van der Waals surface area (Å²) in [7, 11) is 0. The van der Waals surface area contributed by atoms with Gasteiger partial charge in [0.1, 0.15) is 5.60 Å². The van der Waals surface area contributed by atoms with Crippen LogP contribution in [-0.2, 0) is 16.0 Å². The van der Waals surface area contributed by atoms with E-state index < -0.39 is 5.60 Å². The van der Waals surface area contributed by atoms with Crippen LogP contribution >= 0.6 is 27.5 Å². The van der Waals surface area contributed by atoms with Gasteiger partial charge in [-0.2, -0.15) is 0 Å². The number of halogens is 2. The van der Waals surface area contributed by atoms with Crippen molar-refractivity contribution >= 4 is 39.3 Å². The van der Waals surface area contributed by atoms with Crippen LogP contribution in [0.5, 0.6) is 0 Å². The lowest BCUT2D eigenvalue weighted by Gasteiger charge is -2.19. The van der Waals surface area contributed by atoms with E-state index in [-0.39, 0.29) is 18.2 Å². The molecule has 2 aromatic rings. The fraction of sp³-hybridized carbons (Fsp3) is 0.263. The zero-order chi connectivity index (χ0) is 17.9. The second kappa shape index (κ2) is 7.49. The Labute approximate surface area is 155 Å². The first-order valence-corrected chi connectivity index (χ1v) is 8.63. The molecule has 0 radical (unpaired) electrons. The van der Waals surface area contributed by atoms with Crippen LogP contribution < -0.4 is 0 Å². The molecule has 2 aromatic carbocycles. The van der Waals surface area contributed by atoms with Crippen LogP contribution in [0, 0.1) is 0 Å². The summed E-state index contributed by atoms with van der Waals surface area (Å²) in [4.78, 5) is 24.4. The first-order valence-electron chi connectivity index (χ1n) is 7.46. The number of benzene rings is 2. The van der Waals surface area contributed by atoms with Crippen molar-refractivity contribution in [3.8, 4) is 0 Å². The van der Waals surface area contributed by atoms with E-state index in [9.17, 15) is 9.59 Å². The topological polar surface area (TPSA) is 43.4 Å². The van der Waals surface area contributed by atoms with Crippen molar-refractivity contribution in [3.05, 3.63) is 68.7 Å². The van der Waals surface area contributed by atoms with Gasteiger partial charge in [-0.1, -0.05) is 33.6 Å². The van der Waals surface area contributed by atoms with Crippen LogP contribution in [-0.4, -0.2) is 17.4 Å². The molecule has 0 amide bonds. The molecular weight excluding hydrogens is 392 g/mol. The van der Waals surface area contributed by atoms with Crippen molar-refractivity contribution in [1.29, 1.82) is 0 Å². The van der Waals surface area contributed by atoms with Crippen LogP contribution in [0.15, 0.2) is 46.9 Å². The van der Waals surface area contributed by atoms with Crippen molar-refractivity contribution in [2.24, 2.45) is 0 Å². The van der Waals surface area contributed by atoms with Crippen LogP contribution in [0.4, 0.5) is 0 Å². The molecule has 0 saturated heterocycles. The number of carbonyl (C=O) groups excluding carboxylic acids is 2. The predicted molar refractivity (Wildman–Crippen MR) is 98.6 cm³/mol. The average Bonchev–Trinajstić information content (AvgIpc) is 2.45. The minimum absolute atomic E-state index is 0.109. The van der Waals surface area contributed by atoms with Crippen molar-refractivity contribution in [1.82, 2.24) is 0 Å². The molecule has 0 fully saturated rings. The number of ketones is 1. The van der Waals surface area contributed by atoms with Crippen LogP contribution in [0.3, 0.4) is 0 Å². The summed E-state index contributed by atoms with van der Waals surface area (Å²) in [5.74, 6) is -0.409. The minimum atomic E-state index is -0.515. The molecule has 0 heterocycles. The molecular formula is C19H18BrClO3. The zero-order valence-corrected chi connectivity index (χ0v) is 16.1. The first-order chi connectivity index (χ1) is 11.2. The van der Waals surface area contributed by atoms with E-state index in [0.29, 0.717) is 20.6 Å². The molecule has 5 heteroatoms. The summed E-state index contributed by atoms with van der Waals surface area (Å²) in [6.45, 7) is 5.48. The van der Waals surface area contributed by atoms with E-state index in [2.05, 4.69) is 15.9 Å². The summed E-state index contributed by atoms with van der Waals surface area (Å²) in [6.07, 6.45) is 0.158. The van der Waals surface area contributed by atoms with Crippen molar-refractivity contribution in [2.45, 2.75) is 32.8 Å². The second-order valence-corrected chi connectivity index (χ2v) is 7.70. The number of hydrogen-bond donors (Lipinski definition) is 0. The molecule has 0 aliphatic rings. The second-order valence-electron chi connectivity index (χ2n) is 6.41. The minimum Gasteiger partial charge on any atom is -0.460 e. The van der Waals surface area contributed by atoms with Gasteiger partial charge in [0.15, 0.2) is 5.78 Å². The van der Waals surface area contributed by atoms with E-state index in [4.69, 9.17) is 16.3 Å². The van der Waals surface area contributed by atoms with E-state index in [1.807, 2.05) is 20.8 Å². The Balaban J connectivity index is 2.16. The third-order valence-electron chi connectivity index (χ3n) is 3.15. The molecule has 0 aromatic heterocycles. The molecule has 126 valence electrons. The monoisotopic (exact) mass is 408 g/mol. The lowest BCUT2D eigenvalue weighted by Crippen LogP contribution is -2.24. The summed E-state index contributed by atoms with van der Waals surface area (Å²) in [5, 5.41) is 0.582. The summed E-state index contributed by atoms with van der Waals surface area (Å²) in [6, 6.07) is 12.0. The third-order valence-corrected chi connectivity index (χ3v) is 4.06. The van der Waals surface area contributed by atoms with Gasteiger partial charge >= 0.3 is 5.97 Å². The maximum atomic E-state index is 12.5. The molecule has 0 saturated carbocycles. The maximum absolute atomic E-state index is 12.5. The SMILES string of the molecule is CC(C)(C)OC(=O)Cc1ccc(C(=O)c2ccc(Cl)cc2)c(Br)c1. The van der Waals surface area contributed by atoms with Gasteiger partial charge in [0.25, 0.3) is 0 Å². The molecule has 0 aliphatic heterocycles. The highest BCUT2D eigenvalue weighted by Gasteiger charge is 2.18. The van der Waals surface area contributed by atoms with Crippen molar-refractivity contribution in [2.75, 3.05) is 0 Å². The fourth-order valence-electron chi connectivity index (χ4n) is 2.15. The van der Waals surface area contributed by atoms with E-state index >= 15 is 0 Å². The highest BCUT2D eigenvalue weighted by Crippen LogP contribution is 2.23. The third kappa shape index (κ3) is 5.18. The number of rotatable bonds is 4. The fourth-order valence-corrected chi connectivity index (χ4v) is 2.89. The van der Waals surface area contributed by atoms with E-state index in [1.54, 1.807) is 42.5 Å². The Bertz CT molecular complexity index is 761. The molecule has 24 heavy (non-hydrogen) atoms. The molecule has 0 aliphatic carbocycles. The van der Waals surface area contributed by atoms with Gasteiger partial charge in [-0.05, 0) is 62.7 Å². The molecule has 0 spiro atoms. The Morgan fingerprint density at radius 1 is 1.08 bits per heavy atom. The van der Waals surface area contributed by atoms with Gasteiger partial charge in [-0.15, -0.1) is 0 Å². The standard InChI is InChI=1S/C19H18BrClO3/c1-19(2,3)24-17(22)11-12-4-9-15(16(20)10-12)18(23)13-5-7-14(21)8-6-13/h4-10H,11H2,1-3H3. The van der Waals surface area contributed by atoms with Gasteiger partial charge in [-0.3, -0.25) is 9.59 Å². The molecule has 0 atom stereocenters. The highest BCUT2D eigenvalue weighted by atomic mass is 79.9. The zero-order valence-electron chi connectivity index (χ0n) is 13.7. The van der Waals surface area contributed by atoms with Gasteiger partial charge < -0.3 is 4.74 Å². The normalized spacial score (nSPS) is 11.2. The first kappa shape index (κ1) is 18.7. The largest absolute Gasteiger partial charge is 0.460 e. The van der Waals surface area contributed by atoms with Gasteiger partial charge in [0.2, 0.25) is 0 Å². The van der Waals surface area contributed by atoms with Gasteiger partial charge in [0.05, 0.1) is 6.42 Å². The highest BCUT2D eigenvalue weighted by molar-refractivity contribution is 9.10. The van der Waals surface area contributed by atoms with Crippen LogP contribution in [0.1, 0.15) is 42.3 Å². The van der Waals surface area contributed by atoms with E-state index in [0.717, 1.165) is 5.56 Å². The van der Waals surface area contributed by atoms with Crippen molar-refractivity contribution in [3.63, 3.8) is 0 Å². The Morgan fingerprint density at radius 3 is 2.25 bits per heavy atom. The van der Waals surface area contributed by atoms with Gasteiger partial charge in [-0.25, -0.2) is 0 Å². The Morgan fingerprint density at radius 2 is 1.71 bits per heavy atom. The van der Waals surface area contributed by atoms with E-state index in [1.165, 1.54) is 0 Å². The predicted octanol–water partition coefficient (Wildman–Crippen LogP) is 5.22. The summed E-state index contributed by atoms with van der Waals surface area (Å²) < 4.78 is 5.95. The number of ether oxygens (including phenoxy) is 1. The smallest absolute Gasteiger partial charge is 0.310 e. The van der Waals surface area contributed by atoms with Crippen molar-refractivity contribution < 1.29 is 14.3 Å². The molecule has 2 rings (SSSR count).